The zero-order valence-corrected chi connectivity index (χ0v) is 21.9. The number of hydrogen-bond acceptors (Lipinski definition) is 4. The van der Waals surface area contributed by atoms with Crippen LogP contribution in [0.15, 0.2) is 72.8 Å². The Morgan fingerprint density at radius 1 is 0.919 bits per heavy atom. The van der Waals surface area contributed by atoms with Gasteiger partial charge in [-0.25, -0.2) is 0 Å². The standard InChI is InChI=1S/C29H28ClN3O3S/c30-23-14-8-20(9-15-23)18-33-26(34)19-37-29(33)22-12-10-21(11-13-22)27(35)31-25-7-3-2-6-24(25)28(36)32-16-4-1-5-17-32/h2-3,6-15,29H,1,4-5,16-19H2,(H,31,35)/t29-/m0/s1. The monoisotopic (exact) mass is 533 g/mol. The summed E-state index contributed by atoms with van der Waals surface area (Å²) in [5.74, 6) is 0.178. The number of benzene rings is 3. The lowest BCUT2D eigenvalue weighted by Crippen LogP contribution is -2.36. The van der Waals surface area contributed by atoms with Crippen LogP contribution in [0.1, 0.15) is 56.5 Å². The average Bonchev–Trinajstić information content (AvgIpc) is 3.30. The molecule has 37 heavy (non-hydrogen) atoms. The fourth-order valence-corrected chi connectivity index (χ4v) is 6.04. The van der Waals surface area contributed by atoms with Gasteiger partial charge in [0.2, 0.25) is 5.91 Å². The van der Waals surface area contributed by atoms with E-state index in [9.17, 15) is 14.4 Å². The van der Waals surface area contributed by atoms with Crippen molar-refractivity contribution in [3.05, 3.63) is 100 Å². The smallest absolute Gasteiger partial charge is 0.255 e. The highest BCUT2D eigenvalue weighted by Gasteiger charge is 2.33. The average molecular weight is 534 g/mol. The normalized spacial score (nSPS) is 17.6. The number of nitrogens with one attached hydrogen (secondary N) is 1. The molecule has 0 unspecified atom stereocenters. The number of rotatable bonds is 6. The minimum absolute atomic E-state index is 0.0466. The molecule has 0 saturated carbocycles. The van der Waals surface area contributed by atoms with E-state index in [-0.39, 0.29) is 23.1 Å². The molecule has 5 rings (SSSR count). The van der Waals surface area contributed by atoms with Crippen LogP contribution in [-0.2, 0) is 11.3 Å². The number of piperidine rings is 1. The zero-order valence-electron chi connectivity index (χ0n) is 20.4. The molecule has 1 atom stereocenters. The Hall–Kier alpha value is -3.29. The van der Waals surface area contributed by atoms with E-state index < -0.39 is 0 Å². The number of para-hydroxylation sites is 1. The summed E-state index contributed by atoms with van der Waals surface area (Å²) in [5.41, 5.74) is 3.48. The van der Waals surface area contributed by atoms with Crippen molar-refractivity contribution < 1.29 is 14.4 Å². The number of hydrogen-bond donors (Lipinski definition) is 1. The topological polar surface area (TPSA) is 69.7 Å². The predicted octanol–water partition coefficient (Wildman–Crippen LogP) is 5.99. The number of nitrogens with zero attached hydrogens (tertiary/aromatic N) is 2. The fourth-order valence-electron chi connectivity index (χ4n) is 4.73. The van der Waals surface area contributed by atoms with E-state index in [2.05, 4.69) is 5.32 Å². The van der Waals surface area contributed by atoms with Crippen LogP contribution in [0.2, 0.25) is 5.02 Å². The van der Waals surface area contributed by atoms with E-state index in [1.807, 2.05) is 58.3 Å². The number of likely N-dealkylation sites (tertiary alicyclic amines) is 1. The fraction of sp³-hybridized carbons (Fsp3) is 0.276. The van der Waals surface area contributed by atoms with Crippen molar-refractivity contribution in [2.75, 3.05) is 24.2 Å². The number of thioether (sulfide) groups is 1. The van der Waals surface area contributed by atoms with Gasteiger partial charge in [-0.3, -0.25) is 14.4 Å². The Morgan fingerprint density at radius 3 is 2.35 bits per heavy atom. The number of amides is 3. The van der Waals surface area contributed by atoms with Crippen molar-refractivity contribution >= 4 is 46.8 Å². The van der Waals surface area contributed by atoms with Crippen LogP contribution in [0.4, 0.5) is 5.69 Å². The van der Waals surface area contributed by atoms with Crippen molar-refractivity contribution in [1.29, 1.82) is 0 Å². The molecule has 0 bridgehead atoms. The van der Waals surface area contributed by atoms with Gasteiger partial charge in [0.25, 0.3) is 11.8 Å². The molecule has 2 saturated heterocycles. The lowest BCUT2D eigenvalue weighted by atomic mass is 10.1. The Kier molecular flexibility index (Phi) is 7.82. The van der Waals surface area contributed by atoms with Gasteiger partial charge >= 0.3 is 0 Å². The highest BCUT2D eigenvalue weighted by Crippen LogP contribution is 2.39. The van der Waals surface area contributed by atoms with Crippen LogP contribution < -0.4 is 5.32 Å². The Bertz CT molecular complexity index is 1290. The second-order valence-corrected chi connectivity index (χ2v) is 10.8. The summed E-state index contributed by atoms with van der Waals surface area (Å²) in [6.07, 6.45) is 3.16. The number of anilines is 1. The van der Waals surface area contributed by atoms with Gasteiger partial charge < -0.3 is 15.1 Å². The van der Waals surface area contributed by atoms with Crippen LogP contribution in [0.25, 0.3) is 0 Å². The molecule has 1 N–H and O–H groups in total. The van der Waals surface area contributed by atoms with Gasteiger partial charge in [0.1, 0.15) is 5.37 Å². The minimum atomic E-state index is -0.279. The summed E-state index contributed by atoms with van der Waals surface area (Å²) < 4.78 is 0. The van der Waals surface area contributed by atoms with Crippen LogP contribution in [0.5, 0.6) is 0 Å². The first-order valence-electron chi connectivity index (χ1n) is 12.4. The molecule has 190 valence electrons. The summed E-state index contributed by atoms with van der Waals surface area (Å²) in [4.78, 5) is 42.4. The second-order valence-electron chi connectivity index (χ2n) is 9.29. The van der Waals surface area contributed by atoms with E-state index >= 15 is 0 Å². The van der Waals surface area contributed by atoms with Crippen LogP contribution in [0.3, 0.4) is 0 Å². The second kappa shape index (κ2) is 11.4. The molecule has 0 spiro atoms. The molecule has 3 amide bonds. The minimum Gasteiger partial charge on any atom is -0.339 e. The van der Waals surface area contributed by atoms with Gasteiger partial charge in [-0.05, 0) is 66.8 Å². The van der Waals surface area contributed by atoms with Crippen molar-refractivity contribution in [2.45, 2.75) is 31.2 Å². The zero-order chi connectivity index (χ0) is 25.8. The quantitative estimate of drug-likeness (QED) is 0.422. The first-order valence-corrected chi connectivity index (χ1v) is 13.9. The summed E-state index contributed by atoms with van der Waals surface area (Å²) >= 11 is 7.57. The molecule has 3 aromatic rings. The maximum atomic E-state index is 13.1. The summed E-state index contributed by atoms with van der Waals surface area (Å²) in [7, 11) is 0. The summed E-state index contributed by atoms with van der Waals surface area (Å²) in [5, 5.41) is 3.46. The van der Waals surface area contributed by atoms with Gasteiger partial charge in [0.05, 0.1) is 17.0 Å². The number of carbonyl (C=O) groups excluding carboxylic acids is 3. The lowest BCUT2D eigenvalue weighted by Gasteiger charge is -2.27. The third-order valence-corrected chi connectivity index (χ3v) is 8.25. The van der Waals surface area contributed by atoms with Gasteiger partial charge in [-0.15, -0.1) is 11.8 Å². The molecular formula is C29H28ClN3O3S. The van der Waals surface area contributed by atoms with Crippen LogP contribution in [-0.4, -0.2) is 46.4 Å². The van der Waals surface area contributed by atoms with Crippen LogP contribution in [0, 0.1) is 0 Å². The predicted molar refractivity (Wildman–Crippen MR) is 148 cm³/mol. The Labute approximate surface area is 226 Å². The molecule has 3 aromatic carbocycles. The molecule has 6 nitrogen and oxygen atoms in total. The van der Waals surface area contributed by atoms with E-state index in [1.54, 1.807) is 36.0 Å². The molecule has 2 fully saturated rings. The summed E-state index contributed by atoms with van der Waals surface area (Å²) in [6.45, 7) is 2.00. The molecule has 2 aliphatic rings. The maximum Gasteiger partial charge on any atom is 0.255 e. The van der Waals surface area contributed by atoms with Gasteiger partial charge in [0.15, 0.2) is 0 Å². The SMILES string of the molecule is O=C(Nc1ccccc1C(=O)N1CCCCC1)c1ccc([C@@H]2SCC(=O)N2Cc2ccc(Cl)cc2)cc1. The van der Waals surface area contributed by atoms with Crippen molar-refractivity contribution in [1.82, 2.24) is 9.80 Å². The third-order valence-electron chi connectivity index (χ3n) is 6.74. The summed E-state index contributed by atoms with van der Waals surface area (Å²) in [6, 6.07) is 22.0. The van der Waals surface area contributed by atoms with Gasteiger partial charge in [-0.2, -0.15) is 0 Å². The molecule has 2 aliphatic heterocycles. The molecule has 0 aromatic heterocycles. The maximum absolute atomic E-state index is 13.1. The van der Waals surface area contributed by atoms with E-state index in [0.29, 0.717) is 34.1 Å². The first-order chi connectivity index (χ1) is 18.0. The molecule has 2 heterocycles. The number of carbonyl (C=O) groups is 3. The van der Waals surface area contributed by atoms with Crippen LogP contribution >= 0.6 is 23.4 Å². The third kappa shape index (κ3) is 5.84. The highest BCUT2D eigenvalue weighted by molar-refractivity contribution is 8.00. The molecule has 0 radical (unpaired) electrons. The van der Waals surface area contributed by atoms with E-state index in [0.717, 1.165) is 43.5 Å². The molecular weight excluding hydrogens is 506 g/mol. The Balaban J connectivity index is 1.28. The lowest BCUT2D eigenvalue weighted by molar-refractivity contribution is -0.128. The van der Waals surface area contributed by atoms with Crippen molar-refractivity contribution in [3.8, 4) is 0 Å². The van der Waals surface area contributed by atoms with E-state index in [4.69, 9.17) is 11.6 Å². The first kappa shape index (κ1) is 25.4. The van der Waals surface area contributed by atoms with Crippen molar-refractivity contribution in [3.63, 3.8) is 0 Å². The number of halogens is 1. The Morgan fingerprint density at radius 2 is 1.62 bits per heavy atom. The molecule has 8 heteroatoms. The highest BCUT2D eigenvalue weighted by atomic mass is 35.5. The largest absolute Gasteiger partial charge is 0.339 e. The van der Waals surface area contributed by atoms with Gasteiger partial charge in [-0.1, -0.05) is 48.0 Å². The van der Waals surface area contributed by atoms with E-state index in [1.165, 1.54) is 0 Å². The molecule has 0 aliphatic carbocycles. The van der Waals surface area contributed by atoms with Crippen molar-refractivity contribution in [2.24, 2.45) is 0 Å². The van der Waals surface area contributed by atoms with Gasteiger partial charge in [0, 0.05) is 30.2 Å².